The quantitative estimate of drug-likeness (QED) is 0.843. The summed E-state index contributed by atoms with van der Waals surface area (Å²) in [5.41, 5.74) is -0.781. The predicted octanol–water partition coefficient (Wildman–Crippen LogP) is 1.11. The molecule has 0 aliphatic carbocycles. The van der Waals surface area contributed by atoms with Crippen LogP contribution in [0, 0.1) is 0 Å². The summed E-state index contributed by atoms with van der Waals surface area (Å²) in [6, 6.07) is 6.57. The van der Waals surface area contributed by atoms with E-state index in [2.05, 4.69) is 5.32 Å². The number of carbonyl (C=O) groups is 2. The highest BCUT2D eigenvalue weighted by Gasteiger charge is 2.51. The van der Waals surface area contributed by atoms with Gasteiger partial charge in [-0.25, -0.2) is 0 Å². The zero-order chi connectivity index (χ0) is 14.2. The Kier molecular flexibility index (Phi) is 2.71. The molecule has 0 radical (unpaired) electrons. The van der Waals surface area contributed by atoms with Gasteiger partial charge in [-0.2, -0.15) is 0 Å². The second kappa shape index (κ2) is 4.41. The van der Waals surface area contributed by atoms with Crippen LogP contribution in [0.3, 0.4) is 0 Å². The molecule has 2 heterocycles. The van der Waals surface area contributed by atoms with Crippen LogP contribution in [0.15, 0.2) is 48.8 Å². The van der Waals surface area contributed by atoms with Gasteiger partial charge in [0.05, 0.1) is 0 Å². The van der Waals surface area contributed by atoms with E-state index in [9.17, 15) is 14.7 Å². The van der Waals surface area contributed by atoms with Crippen LogP contribution in [-0.2, 0) is 19.7 Å². The van der Waals surface area contributed by atoms with Crippen molar-refractivity contribution in [2.75, 3.05) is 6.54 Å². The molecular formula is C14H11NO5. The molecule has 0 saturated heterocycles. The van der Waals surface area contributed by atoms with Crippen molar-refractivity contribution < 1.29 is 24.2 Å². The van der Waals surface area contributed by atoms with E-state index in [0.717, 1.165) is 0 Å². The minimum atomic E-state index is -1.49. The van der Waals surface area contributed by atoms with Gasteiger partial charge in [-0.15, -0.1) is 0 Å². The molecule has 20 heavy (non-hydrogen) atoms. The van der Waals surface area contributed by atoms with Crippen LogP contribution in [0.2, 0.25) is 0 Å². The van der Waals surface area contributed by atoms with E-state index < -0.39 is 11.4 Å². The van der Waals surface area contributed by atoms with Crippen LogP contribution in [-0.4, -0.2) is 23.5 Å². The number of fused-ring (bicyclic) bond motifs is 1. The van der Waals surface area contributed by atoms with Crippen LogP contribution < -0.4 is 5.32 Å². The number of rotatable bonds is 2. The summed E-state index contributed by atoms with van der Waals surface area (Å²) in [4.78, 5) is 23.8. The van der Waals surface area contributed by atoms with Crippen molar-refractivity contribution in [3.05, 3.63) is 59.9 Å². The van der Waals surface area contributed by atoms with E-state index in [0.29, 0.717) is 11.1 Å². The minimum absolute atomic E-state index is 0.0960. The summed E-state index contributed by atoms with van der Waals surface area (Å²) in [5, 5.41) is 12.3. The van der Waals surface area contributed by atoms with Crippen LogP contribution in [0.5, 0.6) is 0 Å². The maximum atomic E-state index is 11.9. The summed E-state index contributed by atoms with van der Waals surface area (Å²) in [6.45, 7) is -0.0960. The van der Waals surface area contributed by atoms with Gasteiger partial charge in [0.15, 0.2) is 11.2 Å². The molecule has 2 aliphatic rings. The number of aliphatic carboxylic acids is 1. The number of carbonyl (C=O) groups excluding carboxylic acids is 1. The third-order valence-corrected chi connectivity index (χ3v) is 3.44. The van der Waals surface area contributed by atoms with Gasteiger partial charge in [0.2, 0.25) is 0 Å². The molecule has 0 fully saturated rings. The fourth-order valence-electron chi connectivity index (χ4n) is 2.44. The van der Waals surface area contributed by atoms with Crippen LogP contribution in [0.4, 0.5) is 0 Å². The zero-order valence-electron chi connectivity index (χ0n) is 10.3. The standard InChI is InChI=1S/C14H11NO5/c16-12-9-3-1-2-4-10(9)14(8-15-12,13(17)18)11-7-19-5-6-20-11/h1-7H,8H2,(H,15,16)(H,17,18). The molecule has 0 spiro atoms. The van der Waals surface area contributed by atoms with Gasteiger partial charge in [0.25, 0.3) is 5.91 Å². The average molecular weight is 273 g/mol. The Morgan fingerprint density at radius 1 is 1.30 bits per heavy atom. The van der Waals surface area contributed by atoms with Gasteiger partial charge in [-0.3, -0.25) is 9.59 Å². The van der Waals surface area contributed by atoms with Gasteiger partial charge in [0.1, 0.15) is 18.8 Å². The maximum absolute atomic E-state index is 11.9. The highest BCUT2D eigenvalue weighted by Crippen LogP contribution is 2.38. The number of carboxylic acids is 1. The molecule has 2 aliphatic heterocycles. The van der Waals surface area contributed by atoms with Crippen molar-refractivity contribution in [3.63, 3.8) is 0 Å². The molecule has 1 aromatic rings. The monoisotopic (exact) mass is 273 g/mol. The summed E-state index contributed by atoms with van der Waals surface area (Å²) < 4.78 is 10.3. The highest BCUT2D eigenvalue weighted by molar-refractivity contribution is 6.02. The Bertz CT molecular complexity index is 649. The summed E-state index contributed by atoms with van der Waals surface area (Å²) in [5.74, 6) is -1.29. The Balaban J connectivity index is 2.22. The molecule has 6 heteroatoms. The molecule has 1 unspecified atom stereocenters. The van der Waals surface area contributed by atoms with Crippen molar-refractivity contribution >= 4 is 11.9 Å². The first kappa shape index (κ1) is 12.3. The summed E-state index contributed by atoms with van der Waals surface area (Å²) in [6.07, 6.45) is 3.80. The first-order chi connectivity index (χ1) is 9.66. The lowest BCUT2D eigenvalue weighted by Gasteiger charge is -2.36. The predicted molar refractivity (Wildman–Crippen MR) is 67.5 cm³/mol. The van der Waals surface area contributed by atoms with E-state index in [1.54, 1.807) is 24.3 Å². The molecule has 3 rings (SSSR count). The SMILES string of the molecule is O=C1NCC(C(=O)O)(C2=COC=CO2)c2ccccc21. The number of nitrogens with one attached hydrogen (secondary N) is 1. The molecule has 1 atom stereocenters. The van der Waals surface area contributed by atoms with E-state index in [-0.39, 0.29) is 18.2 Å². The number of ether oxygens (including phenoxy) is 2. The third kappa shape index (κ3) is 1.58. The number of hydrogen-bond donors (Lipinski definition) is 2. The van der Waals surface area contributed by atoms with E-state index in [1.165, 1.54) is 18.8 Å². The second-order valence-corrected chi connectivity index (χ2v) is 4.45. The van der Waals surface area contributed by atoms with Crippen LogP contribution in [0.25, 0.3) is 0 Å². The van der Waals surface area contributed by atoms with Gasteiger partial charge < -0.3 is 19.9 Å². The molecule has 6 nitrogen and oxygen atoms in total. The molecule has 102 valence electrons. The Labute approximate surface area is 114 Å². The summed E-state index contributed by atoms with van der Waals surface area (Å²) >= 11 is 0. The van der Waals surface area contributed by atoms with Gasteiger partial charge in [0, 0.05) is 12.1 Å². The topological polar surface area (TPSA) is 84.9 Å². The van der Waals surface area contributed by atoms with Gasteiger partial charge >= 0.3 is 5.97 Å². The lowest BCUT2D eigenvalue weighted by Crippen LogP contribution is -2.53. The maximum Gasteiger partial charge on any atom is 0.323 e. The molecule has 1 amide bonds. The lowest BCUT2D eigenvalue weighted by molar-refractivity contribution is -0.143. The number of amides is 1. The molecule has 0 bridgehead atoms. The van der Waals surface area contributed by atoms with Crippen molar-refractivity contribution in [2.45, 2.75) is 5.41 Å². The molecule has 1 aromatic carbocycles. The van der Waals surface area contributed by atoms with Gasteiger partial charge in [-0.05, 0) is 11.6 Å². The fourth-order valence-corrected chi connectivity index (χ4v) is 2.44. The first-order valence-electron chi connectivity index (χ1n) is 5.95. The first-order valence-corrected chi connectivity index (χ1v) is 5.95. The fraction of sp³-hybridized carbons (Fsp3) is 0.143. The smallest absolute Gasteiger partial charge is 0.323 e. The normalized spacial score (nSPS) is 23.8. The highest BCUT2D eigenvalue weighted by atomic mass is 16.5. The third-order valence-electron chi connectivity index (χ3n) is 3.44. The number of hydrogen-bond acceptors (Lipinski definition) is 4. The van der Waals surface area contributed by atoms with Crippen molar-refractivity contribution in [1.29, 1.82) is 0 Å². The molecular weight excluding hydrogens is 262 g/mol. The lowest BCUT2D eigenvalue weighted by atomic mass is 9.74. The largest absolute Gasteiger partial charge is 0.480 e. The van der Waals surface area contributed by atoms with E-state index >= 15 is 0 Å². The van der Waals surface area contributed by atoms with E-state index in [1.807, 2.05) is 0 Å². The molecule has 0 saturated carbocycles. The Morgan fingerprint density at radius 2 is 2.10 bits per heavy atom. The van der Waals surface area contributed by atoms with Crippen molar-refractivity contribution in [1.82, 2.24) is 5.32 Å². The van der Waals surface area contributed by atoms with Crippen molar-refractivity contribution in [2.24, 2.45) is 0 Å². The number of benzene rings is 1. The summed E-state index contributed by atoms with van der Waals surface area (Å²) in [7, 11) is 0. The molecule has 2 N–H and O–H groups in total. The second-order valence-electron chi connectivity index (χ2n) is 4.45. The van der Waals surface area contributed by atoms with E-state index in [4.69, 9.17) is 9.47 Å². The zero-order valence-corrected chi connectivity index (χ0v) is 10.3. The number of carboxylic acid groups (broad SMARTS) is 1. The Hall–Kier alpha value is -2.76. The minimum Gasteiger partial charge on any atom is -0.480 e. The van der Waals surface area contributed by atoms with Crippen molar-refractivity contribution in [3.8, 4) is 0 Å². The average Bonchev–Trinajstić information content (AvgIpc) is 2.49. The molecule has 0 aromatic heterocycles. The Morgan fingerprint density at radius 3 is 2.80 bits per heavy atom. The van der Waals surface area contributed by atoms with Crippen LogP contribution >= 0.6 is 0 Å². The van der Waals surface area contributed by atoms with Crippen LogP contribution in [0.1, 0.15) is 15.9 Å². The van der Waals surface area contributed by atoms with Gasteiger partial charge in [-0.1, -0.05) is 18.2 Å².